The molecule has 3 aromatic carbocycles. The Morgan fingerprint density at radius 1 is 0.878 bits per heavy atom. The Labute approximate surface area is 235 Å². The van der Waals surface area contributed by atoms with Crippen LogP contribution in [0.4, 0.5) is 22.8 Å². The summed E-state index contributed by atoms with van der Waals surface area (Å²) < 4.78 is 46.4. The first-order valence-corrected chi connectivity index (χ1v) is 13.6. The Bertz CT molecular complexity index is 1400. The van der Waals surface area contributed by atoms with Gasteiger partial charge in [0.15, 0.2) is 17.7 Å². The van der Waals surface area contributed by atoms with Crippen LogP contribution in [0.2, 0.25) is 0 Å². The molecule has 3 aromatic rings. The molecule has 0 bridgehead atoms. The molecule has 10 heteroatoms. The molecule has 7 nitrogen and oxygen atoms in total. The van der Waals surface area contributed by atoms with Crippen molar-refractivity contribution < 1.29 is 32.3 Å². The molecular weight excluding hydrogens is 535 g/mol. The van der Waals surface area contributed by atoms with Gasteiger partial charge in [-0.25, -0.2) is 27.7 Å². The van der Waals surface area contributed by atoms with Crippen molar-refractivity contribution in [1.29, 1.82) is 0 Å². The third-order valence-electron chi connectivity index (χ3n) is 7.67. The maximum atomic E-state index is 14.1. The van der Waals surface area contributed by atoms with Gasteiger partial charge in [-0.3, -0.25) is 4.79 Å². The first-order valence-electron chi connectivity index (χ1n) is 13.6. The number of carbonyl (C=O) groups excluding carboxylic acids is 3. The van der Waals surface area contributed by atoms with Crippen molar-refractivity contribution in [2.45, 2.75) is 37.3 Å². The van der Waals surface area contributed by atoms with E-state index in [1.165, 1.54) is 18.2 Å². The fourth-order valence-corrected chi connectivity index (χ4v) is 5.48. The van der Waals surface area contributed by atoms with Gasteiger partial charge in [-0.15, -0.1) is 0 Å². The monoisotopic (exact) mass is 565 g/mol. The third-order valence-corrected chi connectivity index (χ3v) is 7.67. The minimum absolute atomic E-state index is 0.0585. The summed E-state index contributed by atoms with van der Waals surface area (Å²) in [5, 5.41) is 2.70. The SMILES string of the molecule is O=C(c1ccccc1)C1OC(=O)N(C(=O)NCCCN2CCC(c3ccc(F)cc3)CC2)C1c1ccc(F)c(F)c1. The van der Waals surface area contributed by atoms with Crippen LogP contribution in [0, 0.1) is 17.5 Å². The summed E-state index contributed by atoms with van der Waals surface area (Å²) in [6, 6.07) is 15.6. The van der Waals surface area contributed by atoms with Gasteiger partial charge >= 0.3 is 12.1 Å². The number of nitrogens with one attached hydrogen (secondary N) is 1. The lowest BCUT2D eigenvalue weighted by molar-refractivity contribution is 0.0720. The summed E-state index contributed by atoms with van der Waals surface area (Å²) in [7, 11) is 0. The molecule has 0 aliphatic carbocycles. The molecule has 2 saturated heterocycles. The van der Waals surface area contributed by atoms with E-state index in [1.807, 2.05) is 12.1 Å². The van der Waals surface area contributed by atoms with Gasteiger partial charge in [0.25, 0.3) is 0 Å². The van der Waals surface area contributed by atoms with Crippen LogP contribution in [-0.2, 0) is 4.74 Å². The molecule has 0 saturated carbocycles. The number of ether oxygens (including phenoxy) is 1. The molecule has 2 unspecified atom stereocenters. The fraction of sp³-hybridized carbons (Fsp3) is 0.323. The van der Waals surface area contributed by atoms with Gasteiger partial charge < -0.3 is 15.0 Å². The van der Waals surface area contributed by atoms with E-state index in [-0.39, 0.29) is 23.5 Å². The number of carbonyl (C=O) groups is 3. The number of likely N-dealkylation sites (tertiary alicyclic amines) is 1. The first kappa shape index (κ1) is 28.4. The average Bonchev–Trinajstić information content (AvgIpc) is 3.34. The predicted molar refractivity (Wildman–Crippen MR) is 145 cm³/mol. The van der Waals surface area contributed by atoms with Crippen LogP contribution in [-0.4, -0.2) is 60.0 Å². The predicted octanol–water partition coefficient (Wildman–Crippen LogP) is 5.83. The second-order valence-corrected chi connectivity index (χ2v) is 10.3. The lowest BCUT2D eigenvalue weighted by atomic mass is 9.89. The van der Waals surface area contributed by atoms with E-state index in [1.54, 1.807) is 30.3 Å². The maximum absolute atomic E-state index is 14.1. The molecule has 41 heavy (non-hydrogen) atoms. The van der Waals surface area contributed by atoms with Crippen LogP contribution in [0.5, 0.6) is 0 Å². The zero-order chi connectivity index (χ0) is 28.9. The van der Waals surface area contributed by atoms with E-state index in [4.69, 9.17) is 4.74 Å². The lowest BCUT2D eigenvalue weighted by Crippen LogP contribution is -2.44. The molecule has 0 radical (unpaired) electrons. The summed E-state index contributed by atoms with van der Waals surface area (Å²) >= 11 is 0. The minimum Gasteiger partial charge on any atom is -0.435 e. The zero-order valence-electron chi connectivity index (χ0n) is 22.3. The van der Waals surface area contributed by atoms with Gasteiger partial charge in [0.2, 0.25) is 5.78 Å². The van der Waals surface area contributed by atoms with Crippen molar-refractivity contribution in [1.82, 2.24) is 15.1 Å². The van der Waals surface area contributed by atoms with Crippen LogP contribution in [0.15, 0.2) is 72.8 Å². The van der Waals surface area contributed by atoms with Crippen LogP contribution in [0.3, 0.4) is 0 Å². The molecule has 214 valence electrons. The number of amides is 3. The Morgan fingerprint density at radius 2 is 1.56 bits per heavy atom. The van der Waals surface area contributed by atoms with Gasteiger partial charge in [0.05, 0.1) is 0 Å². The minimum atomic E-state index is -1.43. The quantitative estimate of drug-likeness (QED) is 0.275. The highest BCUT2D eigenvalue weighted by molar-refractivity contribution is 6.04. The first-order chi connectivity index (χ1) is 19.8. The van der Waals surface area contributed by atoms with E-state index >= 15 is 0 Å². The molecule has 5 rings (SSSR count). The Balaban J connectivity index is 1.20. The number of hydrogen-bond donors (Lipinski definition) is 1. The number of Topliss-reactive ketones (excluding diaryl/α,β-unsaturated/α-hetero) is 1. The summed E-state index contributed by atoms with van der Waals surface area (Å²) in [5.74, 6) is -2.69. The van der Waals surface area contributed by atoms with Crippen molar-refractivity contribution in [2.24, 2.45) is 0 Å². The maximum Gasteiger partial charge on any atom is 0.419 e. The van der Waals surface area contributed by atoms with Crippen molar-refractivity contribution in [2.75, 3.05) is 26.2 Å². The number of imide groups is 1. The molecule has 0 spiro atoms. The number of halogens is 3. The third kappa shape index (κ3) is 6.43. The number of rotatable bonds is 8. The molecule has 2 aliphatic rings. The fourth-order valence-electron chi connectivity index (χ4n) is 5.48. The lowest BCUT2D eigenvalue weighted by Gasteiger charge is -2.32. The van der Waals surface area contributed by atoms with Crippen molar-refractivity contribution in [3.05, 3.63) is 107 Å². The van der Waals surface area contributed by atoms with E-state index in [0.717, 1.165) is 55.1 Å². The average molecular weight is 566 g/mol. The Kier molecular flexibility index (Phi) is 8.68. The summed E-state index contributed by atoms with van der Waals surface area (Å²) in [6.45, 7) is 2.72. The van der Waals surface area contributed by atoms with E-state index in [2.05, 4.69) is 10.2 Å². The normalized spacial score (nSPS) is 19.7. The number of cyclic esters (lactones) is 1. The van der Waals surface area contributed by atoms with Crippen LogP contribution < -0.4 is 5.32 Å². The highest BCUT2D eigenvalue weighted by Crippen LogP contribution is 2.36. The molecule has 2 fully saturated rings. The second kappa shape index (κ2) is 12.6. The zero-order valence-corrected chi connectivity index (χ0v) is 22.3. The van der Waals surface area contributed by atoms with Gasteiger partial charge in [0.1, 0.15) is 11.9 Å². The number of ketones is 1. The summed E-state index contributed by atoms with van der Waals surface area (Å²) in [5.41, 5.74) is 1.45. The number of piperidine rings is 1. The summed E-state index contributed by atoms with van der Waals surface area (Å²) in [4.78, 5) is 42.3. The van der Waals surface area contributed by atoms with Gasteiger partial charge in [-0.1, -0.05) is 48.5 Å². The number of hydrogen-bond acceptors (Lipinski definition) is 5. The number of benzene rings is 3. The van der Waals surface area contributed by atoms with Crippen molar-refractivity contribution >= 4 is 17.9 Å². The number of nitrogens with zero attached hydrogens (tertiary/aromatic N) is 2. The van der Waals surface area contributed by atoms with Crippen molar-refractivity contribution in [3.63, 3.8) is 0 Å². The molecule has 3 amide bonds. The molecular formula is C31H30F3N3O4. The molecule has 2 heterocycles. The van der Waals surface area contributed by atoms with Crippen LogP contribution >= 0.6 is 0 Å². The van der Waals surface area contributed by atoms with E-state index in [9.17, 15) is 27.6 Å². The molecule has 2 aliphatic heterocycles. The highest BCUT2D eigenvalue weighted by atomic mass is 19.2. The Hall–Kier alpha value is -4.18. The smallest absolute Gasteiger partial charge is 0.419 e. The Morgan fingerprint density at radius 3 is 2.24 bits per heavy atom. The standard InChI is InChI=1S/C31H30F3N3O4/c32-24-10-7-20(8-11-24)21-13-17-36(18-14-21)16-4-15-35-30(39)37-27(23-9-12-25(33)26(34)19-23)29(41-31(37)40)28(38)22-5-2-1-3-6-22/h1-3,5-12,19,21,27,29H,4,13-18H2,(H,35,39). The van der Waals surface area contributed by atoms with Crippen LogP contribution in [0.25, 0.3) is 0 Å². The molecule has 0 aromatic heterocycles. The van der Waals surface area contributed by atoms with Gasteiger partial charge in [-0.2, -0.15) is 0 Å². The van der Waals surface area contributed by atoms with Gasteiger partial charge in [0, 0.05) is 12.1 Å². The van der Waals surface area contributed by atoms with Gasteiger partial charge in [-0.05, 0) is 80.2 Å². The highest BCUT2D eigenvalue weighted by Gasteiger charge is 2.50. The molecule has 1 N–H and O–H groups in total. The number of urea groups is 1. The largest absolute Gasteiger partial charge is 0.435 e. The topological polar surface area (TPSA) is 79.0 Å². The van der Waals surface area contributed by atoms with Crippen molar-refractivity contribution in [3.8, 4) is 0 Å². The summed E-state index contributed by atoms with van der Waals surface area (Å²) in [6.07, 6.45) is 0.0320. The second-order valence-electron chi connectivity index (χ2n) is 10.3. The van der Waals surface area contributed by atoms with E-state index in [0.29, 0.717) is 12.3 Å². The van der Waals surface area contributed by atoms with E-state index < -0.39 is 41.7 Å². The van der Waals surface area contributed by atoms with Crippen LogP contribution in [0.1, 0.15) is 52.7 Å². The molecule has 2 atom stereocenters.